The molecule has 0 saturated carbocycles. The molecule has 1 saturated heterocycles. The number of allylic oxidation sites excluding steroid dienone is 1. The Balaban J connectivity index is 1.50. The fraction of sp³-hybridized carbons (Fsp3) is 0.318. The molecule has 2 aliphatic heterocycles. The second-order valence-electron chi connectivity index (χ2n) is 7.73. The minimum Gasteiger partial charge on any atom is -0.368 e. The van der Waals surface area contributed by atoms with Crippen LogP contribution in [0.3, 0.4) is 0 Å². The smallest absolute Gasteiger partial charge is 0.270 e. The van der Waals surface area contributed by atoms with Crippen LogP contribution in [-0.2, 0) is 6.54 Å². The van der Waals surface area contributed by atoms with Crippen LogP contribution in [0.1, 0.15) is 25.0 Å². The summed E-state index contributed by atoms with van der Waals surface area (Å²) in [5.41, 5.74) is 4.94. The normalized spacial score (nSPS) is 22.4. The Bertz CT molecular complexity index is 958. The van der Waals surface area contributed by atoms with Crippen LogP contribution < -0.4 is 15.5 Å². The predicted octanol–water partition coefficient (Wildman–Crippen LogP) is 3.82. The van der Waals surface area contributed by atoms with E-state index in [0.717, 1.165) is 35.5 Å². The van der Waals surface area contributed by atoms with Crippen LogP contribution in [0.15, 0.2) is 53.7 Å². The standard InChI is InChI=1S/C22H25N5O2/c1-15-13-26(14-16(2)25-15)20-7-4-19(5-8-20)24-12-18-11-23-10-17-3-6-21(27(28)29)9-22(17)18/h3-9,11-12,15-16,24-25H,10,13-14H2,1-2H3/b18-12+. The lowest BCUT2D eigenvalue weighted by atomic mass is 9.98. The van der Waals surface area contributed by atoms with Gasteiger partial charge in [0, 0.05) is 66.7 Å². The second kappa shape index (κ2) is 8.05. The number of nitrogens with one attached hydrogen (secondary N) is 2. The summed E-state index contributed by atoms with van der Waals surface area (Å²) in [7, 11) is 0. The van der Waals surface area contributed by atoms with Crippen molar-refractivity contribution in [3.05, 3.63) is 69.9 Å². The molecule has 2 aromatic carbocycles. The first-order valence-corrected chi connectivity index (χ1v) is 9.85. The van der Waals surface area contributed by atoms with E-state index in [9.17, 15) is 10.1 Å². The van der Waals surface area contributed by atoms with E-state index in [0.29, 0.717) is 18.6 Å². The van der Waals surface area contributed by atoms with Gasteiger partial charge in [-0.3, -0.25) is 15.1 Å². The van der Waals surface area contributed by atoms with E-state index in [1.54, 1.807) is 18.3 Å². The molecule has 0 aliphatic carbocycles. The number of non-ortho nitro benzene ring substituents is 1. The number of fused-ring (bicyclic) bond motifs is 1. The topological polar surface area (TPSA) is 82.8 Å². The maximum atomic E-state index is 11.1. The van der Waals surface area contributed by atoms with Gasteiger partial charge in [-0.15, -0.1) is 0 Å². The molecule has 7 heteroatoms. The molecule has 0 aromatic heterocycles. The van der Waals surface area contributed by atoms with Crippen molar-refractivity contribution in [2.24, 2.45) is 4.99 Å². The van der Waals surface area contributed by atoms with E-state index in [2.05, 4.69) is 58.6 Å². The zero-order valence-electron chi connectivity index (χ0n) is 16.6. The van der Waals surface area contributed by atoms with Crippen LogP contribution in [-0.4, -0.2) is 36.3 Å². The summed E-state index contributed by atoms with van der Waals surface area (Å²) in [5, 5.41) is 18.0. The number of rotatable bonds is 4. The first-order valence-electron chi connectivity index (χ1n) is 9.85. The van der Waals surface area contributed by atoms with E-state index in [4.69, 9.17) is 0 Å². The van der Waals surface area contributed by atoms with Gasteiger partial charge in [-0.05, 0) is 55.3 Å². The lowest BCUT2D eigenvalue weighted by Gasteiger charge is -2.37. The molecule has 1 fully saturated rings. The average molecular weight is 391 g/mol. The highest BCUT2D eigenvalue weighted by atomic mass is 16.6. The van der Waals surface area contributed by atoms with Crippen molar-refractivity contribution in [2.75, 3.05) is 23.3 Å². The van der Waals surface area contributed by atoms with E-state index < -0.39 is 0 Å². The number of nitrogens with zero attached hydrogens (tertiary/aromatic N) is 3. The van der Waals surface area contributed by atoms with Gasteiger partial charge in [0.2, 0.25) is 0 Å². The number of benzene rings is 2. The highest BCUT2D eigenvalue weighted by Crippen LogP contribution is 2.28. The van der Waals surface area contributed by atoms with Crippen molar-refractivity contribution in [1.29, 1.82) is 0 Å². The van der Waals surface area contributed by atoms with Crippen molar-refractivity contribution in [2.45, 2.75) is 32.5 Å². The fourth-order valence-electron chi connectivity index (χ4n) is 3.98. The van der Waals surface area contributed by atoms with Crippen LogP contribution in [0.5, 0.6) is 0 Å². The van der Waals surface area contributed by atoms with Crippen LogP contribution in [0.2, 0.25) is 0 Å². The number of aliphatic imine (C=N–C) groups is 1. The number of nitro groups is 1. The summed E-state index contributed by atoms with van der Waals surface area (Å²) in [6.07, 6.45) is 3.62. The highest BCUT2D eigenvalue weighted by Gasteiger charge is 2.21. The Kier molecular flexibility index (Phi) is 5.31. The number of hydrogen-bond donors (Lipinski definition) is 2. The molecule has 4 rings (SSSR count). The Labute approximate surface area is 170 Å². The fourth-order valence-corrected chi connectivity index (χ4v) is 3.98. The molecule has 2 atom stereocenters. The Hall–Kier alpha value is -3.19. The molecule has 2 N–H and O–H groups in total. The zero-order valence-corrected chi connectivity index (χ0v) is 16.6. The van der Waals surface area contributed by atoms with Gasteiger partial charge >= 0.3 is 0 Å². The zero-order chi connectivity index (χ0) is 20.4. The molecule has 2 unspecified atom stereocenters. The third kappa shape index (κ3) is 4.30. The molecule has 0 bridgehead atoms. The number of anilines is 2. The van der Waals surface area contributed by atoms with E-state index in [1.807, 2.05) is 6.20 Å². The molecule has 7 nitrogen and oxygen atoms in total. The van der Waals surface area contributed by atoms with Crippen molar-refractivity contribution in [3.8, 4) is 0 Å². The molecule has 0 amide bonds. The third-order valence-electron chi connectivity index (χ3n) is 5.29. The molecule has 29 heavy (non-hydrogen) atoms. The molecule has 2 aliphatic rings. The van der Waals surface area contributed by atoms with Gasteiger partial charge in [0.05, 0.1) is 11.5 Å². The molecule has 0 radical (unpaired) electrons. The van der Waals surface area contributed by atoms with Gasteiger partial charge in [-0.25, -0.2) is 0 Å². The van der Waals surface area contributed by atoms with Gasteiger partial charge in [0.15, 0.2) is 0 Å². The highest BCUT2D eigenvalue weighted by molar-refractivity contribution is 6.11. The van der Waals surface area contributed by atoms with E-state index >= 15 is 0 Å². The summed E-state index contributed by atoms with van der Waals surface area (Å²) in [5.74, 6) is 0. The number of nitro benzene ring substituents is 1. The van der Waals surface area contributed by atoms with Crippen LogP contribution >= 0.6 is 0 Å². The van der Waals surface area contributed by atoms with Gasteiger partial charge in [0.25, 0.3) is 5.69 Å². The number of hydrogen-bond acceptors (Lipinski definition) is 6. The van der Waals surface area contributed by atoms with Crippen molar-refractivity contribution in [1.82, 2.24) is 5.32 Å². The minimum atomic E-state index is -0.367. The van der Waals surface area contributed by atoms with Crippen molar-refractivity contribution in [3.63, 3.8) is 0 Å². The lowest BCUT2D eigenvalue weighted by Crippen LogP contribution is -2.54. The first-order chi connectivity index (χ1) is 14.0. The molecule has 0 spiro atoms. The Morgan fingerprint density at radius 1 is 1.17 bits per heavy atom. The quantitative estimate of drug-likeness (QED) is 0.612. The summed E-state index contributed by atoms with van der Waals surface area (Å²) >= 11 is 0. The molecular weight excluding hydrogens is 366 g/mol. The molecule has 2 aromatic rings. The average Bonchev–Trinajstić information content (AvgIpc) is 2.71. The predicted molar refractivity (Wildman–Crippen MR) is 118 cm³/mol. The SMILES string of the molecule is CC1CN(c2ccc(N/C=C3\C=NCc4ccc([N+](=O)[O-])cc43)cc2)CC(C)N1. The lowest BCUT2D eigenvalue weighted by molar-refractivity contribution is -0.384. The van der Waals surface area contributed by atoms with Crippen LogP contribution in [0, 0.1) is 10.1 Å². The van der Waals surface area contributed by atoms with E-state index in [1.165, 1.54) is 11.8 Å². The monoisotopic (exact) mass is 391 g/mol. The minimum absolute atomic E-state index is 0.0915. The summed E-state index contributed by atoms with van der Waals surface area (Å²) < 4.78 is 0. The Morgan fingerprint density at radius 2 is 1.90 bits per heavy atom. The van der Waals surface area contributed by atoms with Crippen LogP contribution in [0.25, 0.3) is 5.57 Å². The maximum absolute atomic E-state index is 11.1. The summed E-state index contributed by atoms with van der Waals surface area (Å²) in [4.78, 5) is 17.5. The summed E-state index contributed by atoms with van der Waals surface area (Å²) in [6.45, 7) is 6.94. The largest absolute Gasteiger partial charge is 0.368 e. The van der Waals surface area contributed by atoms with Crippen molar-refractivity contribution >= 4 is 28.8 Å². The van der Waals surface area contributed by atoms with Gasteiger partial charge in [-0.1, -0.05) is 0 Å². The second-order valence-corrected chi connectivity index (χ2v) is 7.73. The Morgan fingerprint density at radius 3 is 2.59 bits per heavy atom. The first kappa shape index (κ1) is 19.1. The molecular formula is C22H25N5O2. The van der Waals surface area contributed by atoms with Crippen LogP contribution in [0.4, 0.5) is 17.1 Å². The maximum Gasteiger partial charge on any atom is 0.270 e. The van der Waals surface area contributed by atoms with Gasteiger partial charge in [-0.2, -0.15) is 0 Å². The summed E-state index contributed by atoms with van der Waals surface area (Å²) in [6, 6.07) is 14.2. The van der Waals surface area contributed by atoms with E-state index in [-0.39, 0.29) is 10.6 Å². The number of piperazine rings is 1. The third-order valence-corrected chi connectivity index (χ3v) is 5.29. The molecule has 150 valence electrons. The molecule has 2 heterocycles. The van der Waals surface area contributed by atoms with Crippen molar-refractivity contribution < 1.29 is 4.92 Å². The van der Waals surface area contributed by atoms with Gasteiger partial charge < -0.3 is 15.5 Å². The van der Waals surface area contributed by atoms with Gasteiger partial charge in [0.1, 0.15) is 0 Å².